The quantitative estimate of drug-likeness (QED) is 0.0873. The summed E-state index contributed by atoms with van der Waals surface area (Å²) in [5.74, 6) is -0.0902. The van der Waals surface area contributed by atoms with Crippen LogP contribution < -0.4 is 9.47 Å². The Morgan fingerprint density at radius 1 is 0.754 bits per heavy atom. The summed E-state index contributed by atoms with van der Waals surface area (Å²) in [6, 6.07) is 35.3. The van der Waals surface area contributed by atoms with Crippen molar-refractivity contribution in [1.82, 2.24) is 0 Å². The smallest absolute Gasteiger partial charge is 0.310 e. The number of aromatic hydroxyl groups is 3. The van der Waals surface area contributed by atoms with Crippen LogP contribution in [0.15, 0.2) is 115 Å². The van der Waals surface area contributed by atoms with E-state index < -0.39 is 29.6 Å². The van der Waals surface area contributed by atoms with Crippen LogP contribution >= 0.6 is 0 Å². The third kappa shape index (κ3) is 8.69. The van der Waals surface area contributed by atoms with Gasteiger partial charge < -0.3 is 39.4 Å². The number of benzene rings is 6. The highest BCUT2D eigenvalue weighted by atomic mass is 16.6. The van der Waals surface area contributed by atoms with Gasteiger partial charge in [0.05, 0.1) is 20.6 Å². The normalized spacial score (nSPS) is 24.6. The number of hydrogen-bond acceptors (Lipinski definition) is 10. The molecule has 0 aliphatic heterocycles. The highest BCUT2D eigenvalue weighted by molar-refractivity contribution is 5.98. The molecule has 2 fully saturated rings. The van der Waals surface area contributed by atoms with Crippen molar-refractivity contribution >= 4 is 28.8 Å². The van der Waals surface area contributed by atoms with Gasteiger partial charge in [-0.15, -0.1) is 0 Å². The molecule has 0 heterocycles. The fourth-order valence-electron chi connectivity index (χ4n) is 13.2. The molecule has 6 aromatic carbocycles. The van der Waals surface area contributed by atoms with Gasteiger partial charge in [0, 0.05) is 31.3 Å². The lowest BCUT2D eigenvalue weighted by Gasteiger charge is -2.64. The number of rotatable bonds is 12. The van der Waals surface area contributed by atoms with E-state index in [1.165, 1.54) is 6.92 Å². The summed E-state index contributed by atoms with van der Waals surface area (Å²) in [5.41, 5.74) is 8.26. The number of aliphatic hydroxyl groups is 1. The second-order valence-corrected chi connectivity index (χ2v) is 19.7. The monoisotopic (exact) mass is 928 g/mol. The molecule has 10 nitrogen and oxygen atoms in total. The second kappa shape index (κ2) is 19.0. The SMILES string of the molecule is COc1cc2c(cc1O)C1CCC3Cc4cc(O)c(OC)cc4C4CC(OC(=O)Cc5ccc6cc(O)cc(-c7cccc(CCCO)c7)c6c5)CC(OC(C)=O)C(C2)C1(C=Cc1ccccc1)C34. The van der Waals surface area contributed by atoms with E-state index >= 15 is 0 Å². The third-order valence-corrected chi connectivity index (χ3v) is 15.8. The van der Waals surface area contributed by atoms with Crippen LogP contribution in [0.4, 0.5) is 0 Å². The molecule has 10 rings (SSSR count). The molecule has 0 aromatic heterocycles. The van der Waals surface area contributed by atoms with Gasteiger partial charge in [-0.25, -0.2) is 0 Å². The first-order valence-corrected chi connectivity index (χ1v) is 24.3. The lowest BCUT2D eigenvalue weighted by atomic mass is 9.40. The average Bonchev–Trinajstić information content (AvgIpc) is 3.33. The van der Waals surface area contributed by atoms with Gasteiger partial charge in [0.25, 0.3) is 0 Å². The molecule has 10 heteroatoms. The number of esters is 2. The molecular formula is C59H60O10. The molecule has 69 heavy (non-hydrogen) atoms. The van der Waals surface area contributed by atoms with Crippen molar-refractivity contribution in [2.45, 2.75) is 88.8 Å². The Hall–Kier alpha value is -6.78. The zero-order chi connectivity index (χ0) is 48.0. The van der Waals surface area contributed by atoms with E-state index in [-0.39, 0.29) is 66.3 Å². The lowest BCUT2D eigenvalue weighted by Crippen LogP contribution is -2.59. The van der Waals surface area contributed by atoms with Crippen LogP contribution in [0.2, 0.25) is 0 Å². The molecule has 8 unspecified atom stereocenters. The van der Waals surface area contributed by atoms with E-state index in [1.807, 2.05) is 78.9 Å². The van der Waals surface area contributed by atoms with Crippen molar-refractivity contribution in [2.24, 2.45) is 23.2 Å². The van der Waals surface area contributed by atoms with Crippen molar-refractivity contribution in [1.29, 1.82) is 0 Å². The van der Waals surface area contributed by atoms with E-state index in [0.29, 0.717) is 30.8 Å². The zero-order valence-corrected chi connectivity index (χ0v) is 39.4. The Labute approximate surface area is 403 Å². The van der Waals surface area contributed by atoms with Crippen LogP contribution in [0.25, 0.3) is 28.0 Å². The molecule has 2 saturated carbocycles. The predicted molar refractivity (Wildman–Crippen MR) is 265 cm³/mol. The number of phenolic OH excluding ortho intramolecular Hbond substituents is 3. The summed E-state index contributed by atoms with van der Waals surface area (Å²) in [5, 5.41) is 44.5. The summed E-state index contributed by atoms with van der Waals surface area (Å²) in [7, 11) is 3.11. The van der Waals surface area contributed by atoms with Gasteiger partial charge in [-0.2, -0.15) is 0 Å². The molecule has 4 aliphatic carbocycles. The van der Waals surface area contributed by atoms with E-state index in [9.17, 15) is 30.0 Å². The summed E-state index contributed by atoms with van der Waals surface area (Å²) >= 11 is 0. The number of hydrogen-bond donors (Lipinski definition) is 4. The maximum absolute atomic E-state index is 14.6. The molecule has 356 valence electrons. The number of carbonyl (C=O) groups excluding carboxylic acids is 2. The van der Waals surface area contributed by atoms with Crippen LogP contribution in [-0.4, -0.2) is 65.4 Å². The molecule has 0 radical (unpaired) electrons. The molecule has 0 saturated heterocycles. The second-order valence-electron chi connectivity index (χ2n) is 19.7. The minimum absolute atomic E-state index is 0.0115. The molecule has 0 bridgehead atoms. The highest BCUT2D eigenvalue weighted by Gasteiger charge is 2.63. The number of allylic oxidation sites excluding steroid dienone is 1. The number of carbonyl (C=O) groups is 2. The topological polar surface area (TPSA) is 152 Å². The summed E-state index contributed by atoms with van der Waals surface area (Å²) < 4.78 is 24.7. The average molecular weight is 929 g/mol. The minimum Gasteiger partial charge on any atom is -0.508 e. The van der Waals surface area contributed by atoms with Gasteiger partial charge in [-0.3, -0.25) is 9.59 Å². The van der Waals surface area contributed by atoms with Gasteiger partial charge in [0.2, 0.25) is 0 Å². The van der Waals surface area contributed by atoms with E-state index in [1.54, 1.807) is 26.4 Å². The lowest BCUT2D eigenvalue weighted by molar-refractivity contribution is -0.169. The molecule has 4 N–H and O–H groups in total. The molecular weight excluding hydrogens is 869 g/mol. The van der Waals surface area contributed by atoms with Crippen molar-refractivity contribution in [3.05, 3.63) is 154 Å². The minimum atomic E-state index is -0.653. The van der Waals surface area contributed by atoms with Crippen LogP contribution in [-0.2, 0) is 44.7 Å². The van der Waals surface area contributed by atoms with Gasteiger partial charge >= 0.3 is 11.9 Å². The van der Waals surface area contributed by atoms with Crippen LogP contribution in [0.3, 0.4) is 0 Å². The Morgan fingerprint density at radius 3 is 2.32 bits per heavy atom. The fraction of sp³-hybridized carbons (Fsp3) is 0.356. The van der Waals surface area contributed by atoms with Crippen LogP contribution in [0, 0.1) is 23.2 Å². The van der Waals surface area contributed by atoms with Gasteiger partial charge in [-0.1, -0.05) is 78.9 Å². The fourth-order valence-corrected chi connectivity index (χ4v) is 13.2. The van der Waals surface area contributed by atoms with Crippen molar-refractivity contribution in [2.75, 3.05) is 20.8 Å². The standard InChI is InChI=1S/C59H60O10/c1-34(61)68-54-31-44(69-57(65)23-37-14-15-39-25-43(62)29-46(45(39)22-37)38-13-7-11-36(21-38)12-8-20-60)30-49-47-33-56(67-3)52(63)27-41(47)24-40-16-17-50-48-32-53(64)55(66-2)28-42(48)26-51(54)59(50,58(40)49)19-18-35-9-5-4-6-10-35/h4-7,9-11,13-15,18-19,21-22,25,27-29,32-33,40,44,49-51,54,58,60,62-64H,8,12,16-17,20,23-24,26,30-31H2,1-3H3. The number of phenols is 3. The predicted octanol–water partition coefficient (Wildman–Crippen LogP) is 10.8. The summed E-state index contributed by atoms with van der Waals surface area (Å²) in [4.78, 5) is 28.0. The first-order chi connectivity index (χ1) is 33.5. The number of aliphatic hydroxyl groups excluding tert-OH is 1. The first kappa shape index (κ1) is 46.0. The maximum atomic E-state index is 14.6. The number of aryl methyl sites for hydroxylation is 1. The molecule has 6 aromatic rings. The number of ether oxygens (including phenoxy) is 4. The van der Waals surface area contributed by atoms with Crippen LogP contribution in [0.1, 0.15) is 89.8 Å². The van der Waals surface area contributed by atoms with Crippen molar-refractivity contribution in [3.8, 4) is 39.9 Å². The Kier molecular flexibility index (Phi) is 12.6. The first-order valence-electron chi connectivity index (χ1n) is 24.3. The maximum Gasteiger partial charge on any atom is 0.310 e. The van der Waals surface area contributed by atoms with Gasteiger partial charge in [0.15, 0.2) is 23.0 Å². The van der Waals surface area contributed by atoms with Gasteiger partial charge in [0.1, 0.15) is 18.0 Å². The Balaban J connectivity index is 1.08. The van der Waals surface area contributed by atoms with E-state index in [0.717, 1.165) is 86.5 Å². The Bertz CT molecular complexity index is 2940. The zero-order valence-electron chi connectivity index (χ0n) is 39.4. The van der Waals surface area contributed by atoms with Crippen molar-refractivity contribution < 1.29 is 49.0 Å². The van der Waals surface area contributed by atoms with Crippen molar-refractivity contribution in [3.63, 3.8) is 0 Å². The number of fused-ring (bicyclic) bond motifs is 5. The number of methoxy groups -OCH3 is 2. The highest BCUT2D eigenvalue weighted by Crippen LogP contribution is 2.69. The molecule has 4 aliphatic rings. The van der Waals surface area contributed by atoms with Gasteiger partial charge in [-0.05, 0) is 172 Å². The molecule has 8 atom stereocenters. The Morgan fingerprint density at radius 2 is 1.54 bits per heavy atom. The summed E-state index contributed by atoms with van der Waals surface area (Å²) in [6.45, 7) is 1.55. The van der Waals surface area contributed by atoms with E-state index in [2.05, 4.69) is 30.4 Å². The summed E-state index contributed by atoms with van der Waals surface area (Å²) in [6.07, 6.45) is 8.36. The van der Waals surface area contributed by atoms with Crippen LogP contribution in [0.5, 0.6) is 28.7 Å². The molecule has 0 amide bonds. The van der Waals surface area contributed by atoms with E-state index in [4.69, 9.17) is 18.9 Å². The largest absolute Gasteiger partial charge is 0.508 e. The molecule has 0 spiro atoms. The third-order valence-electron chi connectivity index (χ3n) is 15.8.